The van der Waals surface area contributed by atoms with Crippen molar-refractivity contribution in [2.24, 2.45) is 0 Å². The molecule has 0 aliphatic heterocycles. The summed E-state index contributed by atoms with van der Waals surface area (Å²) in [6, 6.07) is 13.1. The number of rotatable bonds is 9. The van der Waals surface area contributed by atoms with Crippen LogP contribution in [0.5, 0.6) is 0 Å². The molecule has 1 saturated carbocycles. The van der Waals surface area contributed by atoms with Gasteiger partial charge in [0.25, 0.3) is 0 Å². The molecule has 6 nitrogen and oxygen atoms in total. The van der Waals surface area contributed by atoms with Gasteiger partial charge in [-0.15, -0.1) is 0 Å². The molecule has 0 saturated heterocycles. The van der Waals surface area contributed by atoms with Crippen molar-refractivity contribution in [3.63, 3.8) is 0 Å². The third-order valence-electron chi connectivity index (χ3n) is 5.02. The summed E-state index contributed by atoms with van der Waals surface area (Å²) in [5, 5.41) is 16.6. The molecule has 8 heteroatoms. The highest BCUT2D eigenvalue weighted by atomic mass is 35.5. The Morgan fingerprint density at radius 3 is 2.39 bits per heavy atom. The van der Waals surface area contributed by atoms with E-state index in [1.165, 1.54) is 12.8 Å². The Morgan fingerprint density at radius 2 is 1.74 bits per heavy atom. The maximum Gasteiger partial charge on any atom is 0.163 e. The highest BCUT2D eigenvalue weighted by Gasteiger charge is 2.26. The van der Waals surface area contributed by atoms with Crippen LogP contribution in [0.15, 0.2) is 42.6 Å². The van der Waals surface area contributed by atoms with Crippen LogP contribution < -0.4 is 10.6 Å². The molecule has 2 aromatic heterocycles. The van der Waals surface area contributed by atoms with E-state index in [0.29, 0.717) is 27.4 Å². The molecule has 0 bridgehead atoms. The fourth-order valence-electron chi connectivity index (χ4n) is 3.18. The number of aromatic nitrogens is 3. The average Bonchev–Trinajstić information content (AvgIpc) is 3.62. The van der Waals surface area contributed by atoms with Crippen LogP contribution in [-0.4, -0.2) is 28.0 Å². The van der Waals surface area contributed by atoms with Gasteiger partial charge in [-0.3, -0.25) is 0 Å². The van der Waals surface area contributed by atoms with E-state index >= 15 is 0 Å². The maximum absolute atomic E-state index is 8.81. The summed E-state index contributed by atoms with van der Waals surface area (Å²) < 4.78 is 0. The summed E-state index contributed by atoms with van der Waals surface area (Å²) in [7, 11) is 0. The van der Waals surface area contributed by atoms with Crippen LogP contribution in [0.2, 0.25) is 10.0 Å². The van der Waals surface area contributed by atoms with Gasteiger partial charge in [-0.05, 0) is 56.0 Å². The molecular formula is C23H22Cl2N6. The van der Waals surface area contributed by atoms with Crippen LogP contribution in [0.1, 0.15) is 42.9 Å². The number of benzene rings is 1. The van der Waals surface area contributed by atoms with E-state index in [2.05, 4.69) is 26.7 Å². The topological polar surface area (TPSA) is 86.5 Å². The van der Waals surface area contributed by atoms with Crippen molar-refractivity contribution in [3.05, 3.63) is 63.9 Å². The first-order valence-electron chi connectivity index (χ1n) is 10.3. The molecule has 1 fully saturated rings. The Morgan fingerprint density at radius 1 is 0.968 bits per heavy atom. The van der Waals surface area contributed by atoms with E-state index in [4.69, 9.17) is 33.4 Å². The minimum absolute atomic E-state index is 0.512. The van der Waals surface area contributed by atoms with Crippen molar-refractivity contribution >= 4 is 34.8 Å². The predicted molar refractivity (Wildman–Crippen MR) is 125 cm³/mol. The molecule has 0 spiro atoms. The SMILES string of the molecule is N#Cc1ccc(NCCCCNc2cc(C3CC3)nc(-c3ccc(Cl)cc3Cl)n2)nc1. The molecule has 1 aromatic carbocycles. The Hall–Kier alpha value is -2.88. The Labute approximate surface area is 191 Å². The van der Waals surface area contributed by atoms with Crippen molar-refractivity contribution < 1.29 is 0 Å². The van der Waals surface area contributed by atoms with Crippen LogP contribution in [0.25, 0.3) is 11.4 Å². The summed E-state index contributed by atoms with van der Waals surface area (Å²) in [6.45, 7) is 1.61. The molecule has 2 heterocycles. The predicted octanol–water partition coefficient (Wildman–Crippen LogP) is 5.90. The molecule has 1 aliphatic rings. The first kappa shape index (κ1) is 21.4. The first-order chi connectivity index (χ1) is 15.1. The van der Waals surface area contributed by atoms with Crippen LogP contribution in [0, 0.1) is 11.3 Å². The van der Waals surface area contributed by atoms with Crippen molar-refractivity contribution in [2.45, 2.75) is 31.6 Å². The summed E-state index contributed by atoms with van der Waals surface area (Å²) in [4.78, 5) is 13.6. The van der Waals surface area contributed by atoms with Crippen molar-refractivity contribution in [2.75, 3.05) is 23.7 Å². The van der Waals surface area contributed by atoms with Crippen molar-refractivity contribution in [3.8, 4) is 17.5 Å². The Balaban J connectivity index is 1.32. The lowest BCUT2D eigenvalue weighted by Crippen LogP contribution is -2.09. The molecule has 0 amide bonds. The highest BCUT2D eigenvalue weighted by Crippen LogP contribution is 2.40. The Kier molecular flexibility index (Phi) is 6.86. The number of unbranched alkanes of at least 4 members (excludes halogenated alkanes) is 1. The number of nitriles is 1. The zero-order valence-electron chi connectivity index (χ0n) is 16.9. The van der Waals surface area contributed by atoms with E-state index in [1.807, 2.05) is 18.2 Å². The number of halogens is 2. The standard InChI is InChI=1S/C23H22Cl2N6/c24-17-6-7-18(19(25)11-17)23-30-20(16-4-5-16)12-22(31-23)28-10-2-1-9-27-21-8-3-15(13-26)14-29-21/h3,6-8,11-12,14,16H,1-2,4-5,9-10H2,(H,27,29)(H,28,30,31). The fraction of sp³-hybridized carbons (Fsp3) is 0.304. The second-order valence-corrected chi connectivity index (χ2v) is 8.35. The Bertz CT molecular complexity index is 1090. The number of hydrogen-bond donors (Lipinski definition) is 2. The lowest BCUT2D eigenvalue weighted by atomic mass is 10.2. The quantitative estimate of drug-likeness (QED) is 0.393. The zero-order chi connectivity index (χ0) is 21.6. The molecule has 0 unspecified atom stereocenters. The van der Waals surface area contributed by atoms with Gasteiger partial charge in [0.2, 0.25) is 0 Å². The van der Waals surface area contributed by atoms with E-state index in [-0.39, 0.29) is 0 Å². The van der Waals surface area contributed by atoms with E-state index in [1.54, 1.807) is 24.4 Å². The molecule has 1 aliphatic carbocycles. The van der Waals surface area contributed by atoms with Crippen molar-refractivity contribution in [1.29, 1.82) is 5.26 Å². The van der Waals surface area contributed by atoms with Gasteiger partial charge in [0.1, 0.15) is 17.7 Å². The summed E-state index contributed by atoms with van der Waals surface area (Å²) in [6.07, 6.45) is 5.85. The molecular weight excluding hydrogens is 431 g/mol. The summed E-state index contributed by atoms with van der Waals surface area (Å²) in [5.74, 6) is 2.74. The van der Waals surface area contributed by atoms with Gasteiger partial charge in [-0.25, -0.2) is 15.0 Å². The van der Waals surface area contributed by atoms with Gasteiger partial charge >= 0.3 is 0 Å². The molecule has 158 valence electrons. The van der Waals surface area contributed by atoms with E-state index < -0.39 is 0 Å². The van der Waals surface area contributed by atoms with Gasteiger partial charge in [-0.2, -0.15) is 5.26 Å². The van der Waals surface area contributed by atoms with Crippen molar-refractivity contribution in [1.82, 2.24) is 15.0 Å². The average molecular weight is 453 g/mol. The van der Waals surface area contributed by atoms with E-state index in [9.17, 15) is 0 Å². The van der Waals surface area contributed by atoms with Gasteiger partial charge in [0, 0.05) is 47.6 Å². The molecule has 0 atom stereocenters. The minimum atomic E-state index is 0.512. The minimum Gasteiger partial charge on any atom is -0.370 e. The van der Waals surface area contributed by atoms with Gasteiger partial charge in [0.15, 0.2) is 5.82 Å². The normalized spacial score (nSPS) is 12.9. The number of nitrogens with one attached hydrogen (secondary N) is 2. The lowest BCUT2D eigenvalue weighted by molar-refractivity contribution is 0.790. The monoisotopic (exact) mass is 452 g/mol. The van der Waals surface area contributed by atoms with Crippen LogP contribution in [-0.2, 0) is 0 Å². The number of hydrogen-bond acceptors (Lipinski definition) is 6. The zero-order valence-corrected chi connectivity index (χ0v) is 18.4. The smallest absolute Gasteiger partial charge is 0.163 e. The van der Waals surface area contributed by atoms with Crippen LogP contribution >= 0.6 is 23.2 Å². The number of anilines is 2. The van der Waals surface area contributed by atoms with Gasteiger partial charge in [-0.1, -0.05) is 23.2 Å². The summed E-state index contributed by atoms with van der Waals surface area (Å²) >= 11 is 12.4. The maximum atomic E-state index is 8.81. The molecule has 2 N–H and O–H groups in total. The third kappa shape index (κ3) is 5.84. The number of nitrogens with zero attached hydrogens (tertiary/aromatic N) is 4. The molecule has 31 heavy (non-hydrogen) atoms. The first-order valence-corrected chi connectivity index (χ1v) is 11.1. The van der Waals surface area contributed by atoms with Crippen LogP contribution in [0.3, 0.4) is 0 Å². The third-order valence-corrected chi connectivity index (χ3v) is 5.57. The largest absolute Gasteiger partial charge is 0.370 e. The second-order valence-electron chi connectivity index (χ2n) is 7.50. The highest BCUT2D eigenvalue weighted by molar-refractivity contribution is 6.36. The number of pyridine rings is 1. The van der Waals surface area contributed by atoms with Gasteiger partial charge < -0.3 is 10.6 Å². The molecule has 4 rings (SSSR count). The molecule has 0 radical (unpaired) electrons. The molecule has 3 aromatic rings. The van der Waals surface area contributed by atoms with Gasteiger partial charge in [0.05, 0.1) is 10.6 Å². The second kappa shape index (κ2) is 9.95. The summed E-state index contributed by atoms with van der Waals surface area (Å²) in [5.41, 5.74) is 2.41. The fourth-order valence-corrected chi connectivity index (χ4v) is 3.68. The van der Waals surface area contributed by atoms with Crippen LogP contribution in [0.4, 0.5) is 11.6 Å². The lowest BCUT2D eigenvalue weighted by Gasteiger charge is -2.11. The van der Waals surface area contributed by atoms with E-state index in [0.717, 1.165) is 48.8 Å².